The highest BCUT2D eigenvalue weighted by Gasteiger charge is 2.37. The molecule has 0 radical (unpaired) electrons. The molecule has 3 aromatic carbocycles. The SMILES string of the molecule is NC(=O)[C@@H](Cc1ccccc1F)NC(=O)[C@@H]1Cc2ccccc2CN1C(=O)OCc1ccccc1. The van der Waals surface area contributed by atoms with Crippen LogP contribution in [0, 0.1) is 5.82 Å². The van der Waals surface area contributed by atoms with Crippen molar-refractivity contribution in [1.29, 1.82) is 0 Å². The fourth-order valence-electron chi connectivity index (χ4n) is 4.13. The average molecular weight is 476 g/mol. The van der Waals surface area contributed by atoms with E-state index in [9.17, 15) is 18.8 Å². The molecule has 2 atom stereocenters. The number of hydrogen-bond donors (Lipinski definition) is 2. The molecule has 0 aliphatic carbocycles. The van der Waals surface area contributed by atoms with Crippen molar-refractivity contribution in [3.8, 4) is 0 Å². The summed E-state index contributed by atoms with van der Waals surface area (Å²) < 4.78 is 19.6. The first kappa shape index (κ1) is 23.9. The minimum absolute atomic E-state index is 0.0589. The standard InChI is InChI=1S/C27H26FN3O4/c28-22-13-7-6-11-20(22)14-23(25(29)32)30-26(33)24-15-19-10-4-5-12-21(19)16-31(24)27(34)35-17-18-8-2-1-3-9-18/h1-13,23-24H,14-17H2,(H2,29,32)(H,30,33)/t23-,24+/m1/s1. The number of primary amides is 1. The van der Waals surface area contributed by atoms with Crippen molar-refractivity contribution < 1.29 is 23.5 Å². The normalized spacial score (nSPS) is 15.6. The van der Waals surface area contributed by atoms with E-state index >= 15 is 0 Å². The van der Waals surface area contributed by atoms with E-state index in [2.05, 4.69) is 5.32 Å². The minimum atomic E-state index is -1.14. The molecule has 3 amide bonds. The molecule has 8 heteroatoms. The number of hydrogen-bond acceptors (Lipinski definition) is 4. The van der Waals surface area contributed by atoms with Gasteiger partial charge in [-0.25, -0.2) is 9.18 Å². The van der Waals surface area contributed by atoms with Crippen LogP contribution in [0.4, 0.5) is 9.18 Å². The van der Waals surface area contributed by atoms with Gasteiger partial charge in [0.1, 0.15) is 24.5 Å². The number of fused-ring (bicyclic) bond motifs is 1. The van der Waals surface area contributed by atoms with Gasteiger partial charge in [0.2, 0.25) is 11.8 Å². The summed E-state index contributed by atoms with van der Waals surface area (Å²) >= 11 is 0. The van der Waals surface area contributed by atoms with Crippen LogP contribution in [-0.2, 0) is 40.3 Å². The molecule has 0 fully saturated rings. The highest BCUT2D eigenvalue weighted by molar-refractivity contribution is 5.91. The molecule has 180 valence electrons. The zero-order chi connectivity index (χ0) is 24.8. The smallest absolute Gasteiger partial charge is 0.411 e. The number of nitrogens with two attached hydrogens (primary N) is 1. The summed E-state index contributed by atoms with van der Waals surface area (Å²) in [5.74, 6) is -1.85. The molecule has 35 heavy (non-hydrogen) atoms. The van der Waals surface area contributed by atoms with Crippen molar-refractivity contribution in [2.24, 2.45) is 5.73 Å². The summed E-state index contributed by atoms with van der Waals surface area (Å²) in [4.78, 5) is 39.8. The summed E-state index contributed by atoms with van der Waals surface area (Å²) in [5.41, 5.74) is 8.42. The van der Waals surface area contributed by atoms with Crippen LogP contribution in [0.25, 0.3) is 0 Å². The average Bonchev–Trinajstić information content (AvgIpc) is 2.87. The van der Waals surface area contributed by atoms with Crippen LogP contribution >= 0.6 is 0 Å². The summed E-state index contributed by atoms with van der Waals surface area (Å²) in [7, 11) is 0. The van der Waals surface area contributed by atoms with E-state index in [1.54, 1.807) is 6.07 Å². The quantitative estimate of drug-likeness (QED) is 0.548. The molecule has 7 nitrogen and oxygen atoms in total. The third-order valence-electron chi connectivity index (χ3n) is 6.03. The first-order valence-electron chi connectivity index (χ1n) is 11.3. The number of nitrogens with one attached hydrogen (secondary N) is 1. The van der Waals surface area contributed by atoms with Gasteiger partial charge in [-0.15, -0.1) is 0 Å². The van der Waals surface area contributed by atoms with Gasteiger partial charge in [-0.2, -0.15) is 0 Å². The molecule has 1 aliphatic rings. The third kappa shape index (κ3) is 5.84. The van der Waals surface area contributed by atoms with Crippen molar-refractivity contribution in [3.05, 3.63) is 107 Å². The number of halogens is 1. The van der Waals surface area contributed by atoms with Crippen LogP contribution in [0.2, 0.25) is 0 Å². The molecule has 4 rings (SSSR count). The Hall–Kier alpha value is -4.20. The molecule has 1 heterocycles. The highest BCUT2D eigenvalue weighted by atomic mass is 19.1. The number of carbonyl (C=O) groups is 3. The topological polar surface area (TPSA) is 102 Å². The Morgan fingerprint density at radius 3 is 2.34 bits per heavy atom. The summed E-state index contributed by atoms with van der Waals surface area (Å²) in [6.45, 7) is 0.236. The molecular formula is C27H26FN3O4. The first-order valence-corrected chi connectivity index (χ1v) is 11.3. The molecule has 0 saturated carbocycles. The molecule has 0 aromatic heterocycles. The van der Waals surface area contributed by atoms with Gasteiger partial charge in [0.05, 0.1) is 6.54 Å². The van der Waals surface area contributed by atoms with Crippen LogP contribution in [0.15, 0.2) is 78.9 Å². The number of benzene rings is 3. The summed E-state index contributed by atoms with van der Waals surface area (Å²) in [6, 6.07) is 20.7. The second kappa shape index (κ2) is 10.8. The molecule has 3 N–H and O–H groups in total. The van der Waals surface area contributed by atoms with E-state index in [4.69, 9.17) is 10.5 Å². The van der Waals surface area contributed by atoms with E-state index in [1.165, 1.54) is 23.1 Å². The van der Waals surface area contributed by atoms with E-state index < -0.39 is 35.8 Å². The maximum atomic E-state index is 14.1. The number of carbonyl (C=O) groups excluding carboxylic acids is 3. The predicted octanol–water partition coefficient (Wildman–Crippen LogP) is 3.10. The Kier molecular flexibility index (Phi) is 7.40. The minimum Gasteiger partial charge on any atom is -0.445 e. The maximum absolute atomic E-state index is 14.1. The number of rotatable bonds is 7. The first-order chi connectivity index (χ1) is 16.9. The Labute approximate surface area is 202 Å². The fraction of sp³-hybridized carbons (Fsp3) is 0.222. The number of ether oxygens (including phenoxy) is 1. The van der Waals surface area contributed by atoms with Crippen molar-refractivity contribution in [1.82, 2.24) is 10.2 Å². The molecule has 0 saturated heterocycles. The summed E-state index contributed by atoms with van der Waals surface area (Å²) in [5, 5.41) is 2.62. The van der Waals surface area contributed by atoms with Crippen LogP contribution in [-0.4, -0.2) is 34.9 Å². The lowest BCUT2D eigenvalue weighted by Gasteiger charge is -2.35. The van der Waals surface area contributed by atoms with Gasteiger partial charge in [-0.3, -0.25) is 14.5 Å². The van der Waals surface area contributed by atoms with Crippen LogP contribution in [0.1, 0.15) is 22.3 Å². The van der Waals surface area contributed by atoms with E-state index in [-0.39, 0.29) is 31.6 Å². The zero-order valence-corrected chi connectivity index (χ0v) is 19.0. The van der Waals surface area contributed by atoms with Gasteiger partial charge in [0.15, 0.2) is 0 Å². The number of nitrogens with zero attached hydrogens (tertiary/aromatic N) is 1. The van der Waals surface area contributed by atoms with Crippen LogP contribution in [0.5, 0.6) is 0 Å². The molecule has 0 spiro atoms. The Morgan fingerprint density at radius 1 is 0.971 bits per heavy atom. The van der Waals surface area contributed by atoms with Gasteiger partial charge in [-0.1, -0.05) is 72.8 Å². The highest BCUT2D eigenvalue weighted by Crippen LogP contribution is 2.25. The van der Waals surface area contributed by atoms with Gasteiger partial charge in [0.25, 0.3) is 0 Å². The van der Waals surface area contributed by atoms with E-state index in [0.717, 1.165) is 16.7 Å². The molecule has 1 aliphatic heterocycles. The fourth-order valence-corrected chi connectivity index (χ4v) is 4.13. The Bertz CT molecular complexity index is 1220. The van der Waals surface area contributed by atoms with Crippen molar-refractivity contribution in [3.63, 3.8) is 0 Å². The molecule has 0 bridgehead atoms. The predicted molar refractivity (Wildman–Crippen MR) is 127 cm³/mol. The maximum Gasteiger partial charge on any atom is 0.411 e. The third-order valence-corrected chi connectivity index (χ3v) is 6.03. The van der Waals surface area contributed by atoms with Gasteiger partial charge in [0, 0.05) is 12.8 Å². The lowest BCUT2D eigenvalue weighted by Crippen LogP contribution is -2.56. The monoisotopic (exact) mass is 475 g/mol. The second-order valence-electron chi connectivity index (χ2n) is 8.42. The molecule has 3 aromatic rings. The van der Waals surface area contributed by atoms with Gasteiger partial charge in [-0.05, 0) is 28.3 Å². The van der Waals surface area contributed by atoms with Crippen molar-refractivity contribution in [2.75, 3.05) is 0 Å². The Morgan fingerprint density at radius 2 is 1.63 bits per heavy atom. The zero-order valence-electron chi connectivity index (χ0n) is 19.0. The lowest BCUT2D eigenvalue weighted by molar-refractivity contribution is -0.131. The van der Waals surface area contributed by atoms with Gasteiger partial charge >= 0.3 is 6.09 Å². The molecular weight excluding hydrogens is 449 g/mol. The van der Waals surface area contributed by atoms with Crippen molar-refractivity contribution in [2.45, 2.75) is 38.1 Å². The largest absolute Gasteiger partial charge is 0.445 e. The second-order valence-corrected chi connectivity index (χ2v) is 8.42. The van der Waals surface area contributed by atoms with E-state index in [0.29, 0.717) is 0 Å². The van der Waals surface area contributed by atoms with Crippen LogP contribution in [0.3, 0.4) is 0 Å². The number of amides is 3. The summed E-state index contributed by atoms with van der Waals surface area (Å²) in [6.07, 6.45) is -0.503. The van der Waals surface area contributed by atoms with E-state index in [1.807, 2.05) is 54.6 Å². The van der Waals surface area contributed by atoms with Crippen molar-refractivity contribution >= 4 is 17.9 Å². The van der Waals surface area contributed by atoms with Gasteiger partial charge < -0.3 is 15.8 Å². The van der Waals surface area contributed by atoms with Crippen LogP contribution < -0.4 is 11.1 Å². The molecule has 0 unspecified atom stereocenters. The lowest BCUT2D eigenvalue weighted by atomic mass is 9.93. The Balaban J connectivity index is 1.52.